The van der Waals surface area contributed by atoms with Gasteiger partial charge >= 0.3 is 0 Å². The maximum atomic E-state index is 13.9. The van der Waals surface area contributed by atoms with Gasteiger partial charge in [-0.25, -0.2) is 9.37 Å². The summed E-state index contributed by atoms with van der Waals surface area (Å²) in [4.78, 5) is 17.1. The Hall–Kier alpha value is -3.67. The molecular formula is C27H28FN3O2. The van der Waals surface area contributed by atoms with E-state index in [-0.39, 0.29) is 12.1 Å². The van der Waals surface area contributed by atoms with Crippen LogP contribution in [0.1, 0.15) is 40.2 Å². The van der Waals surface area contributed by atoms with E-state index in [2.05, 4.69) is 34.8 Å². The summed E-state index contributed by atoms with van der Waals surface area (Å²) in [5.41, 5.74) is 4.31. The zero-order valence-electron chi connectivity index (χ0n) is 19.0. The molecule has 4 aromatic rings. The molecule has 0 aliphatic heterocycles. The summed E-state index contributed by atoms with van der Waals surface area (Å²) in [7, 11) is 0. The van der Waals surface area contributed by atoms with Crippen molar-refractivity contribution in [2.45, 2.75) is 39.8 Å². The van der Waals surface area contributed by atoms with Gasteiger partial charge in [0.1, 0.15) is 17.4 Å². The van der Waals surface area contributed by atoms with E-state index in [9.17, 15) is 9.18 Å². The fourth-order valence-corrected chi connectivity index (χ4v) is 3.99. The topological polar surface area (TPSA) is 56.1 Å². The SMILES string of the molecule is Cc1cc(C)cc(OCCCCn2c(CNC(=O)c3ccccc3F)nc3ccccc32)c1. The van der Waals surface area contributed by atoms with Gasteiger partial charge in [0.15, 0.2) is 0 Å². The lowest BCUT2D eigenvalue weighted by Crippen LogP contribution is -2.25. The Morgan fingerprint density at radius 2 is 1.73 bits per heavy atom. The van der Waals surface area contributed by atoms with Crippen molar-refractivity contribution in [2.75, 3.05) is 6.61 Å². The summed E-state index contributed by atoms with van der Waals surface area (Å²) in [6.07, 6.45) is 1.79. The predicted octanol–water partition coefficient (Wildman–Crippen LogP) is 5.58. The molecule has 5 nitrogen and oxygen atoms in total. The predicted molar refractivity (Wildman–Crippen MR) is 128 cm³/mol. The van der Waals surface area contributed by atoms with Gasteiger partial charge in [0.25, 0.3) is 5.91 Å². The lowest BCUT2D eigenvalue weighted by Gasteiger charge is -2.12. The van der Waals surface area contributed by atoms with Crippen LogP contribution >= 0.6 is 0 Å². The number of fused-ring (bicyclic) bond motifs is 1. The van der Waals surface area contributed by atoms with Crippen LogP contribution in [0.25, 0.3) is 11.0 Å². The Morgan fingerprint density at radius 3 is 2.52 bits per heavy atom. The number of imidazole rings is 1. The van der Waals surface area contributed by atoms with Crippen LogP contribution in [0.15, 0.2) is 66.7 Å². The normalized spacial score (nSPS) is 11.0. The van der Waals surface area contributed by atoms with E-state index in [1.165, 1.54) is 23.3 Å². The minimum atomic E-state index is -0.535. The minimum absolute atomic E-state index is 0.0312. The van der Waals surface area contributed by atoms with E-state index in [1.54, 1.807) is 12.1 Å². The van der Waals surface area contributed by atoms with Crippen LogP contribution in [0.5, 0.6) is 5.75 Å². The molecule has 0 spiro atoms. The van der Waals surface area contributed by atoms with E-state index >= 15 is 0 Å². The standard InChI is InChI=1S/C27H28FN3O2/c1-19-15-20(2)17-21(16-19)33-14-8-7-13-31-25-12-6-5-11-24(25)30-26(31)18-29-27(32)22-9-3-4-10-23(22)28/h3-6,9-12,15-17H,7-8,13-14,18H2,1-2H3,(H,29,32). The third-order valence-electron chi connectivity index (χ3n) is 5.50. The molecule has 1 aromatic heterocycles. The Labute approximate surface area is 193 Å². The summed E-state index contributed by atoms with van der Waals surface area (Å²) < 4.78 is 22.0. The molecule has 33 heavy (non-hydrogen) atoms. The number of hydrogen-bond acceptors (Lipinski definition) is 3. The van der Waals surface area contributed by atoms with Crippen LogP contribution < -0.4 is 10.1 Å². The maximum Gasteiger partial charge on any atom is 0.254 e. The number of carbonyl (C=O) groups is 1. The zero-order valence-corrected chi connectivity index (χ0v) is 19.0. The molecule has 0 saturated carbocycles. The zero-order chi connectivity index (χ0) is 23.2. The first-order valence-electron chi connectivity index (χ1n) is 11.2. The highest BCUT2D eigenvalue weighted by Crippen LogP contribution is 2.19. The lowest BCUT2D eigenvalue weighted by atomic mass is 10.1. The van der Waals surface area contributed by atoms with Crippen molar-refractivity contribution >= 4 is 16.9 Å². The number of rotatable bonds is 9. The highest BCUT2D eigenvalue weighted by Gasteiger charge is 2.14. The number of carbonyl (C=O) groups excluding carboxylic acids is 1. The first-order valence-corrected chi connectivity index (χ1v) is 11.2. The van der Waals surface area contributed by atoms with Gasteiger partial charge in [0.05, 0.1) is 29.7 Å². The smallest absolute Gasteiger partial charge is 0.254 e. The third-order valence-corrected chi connectivity index (χ3v) is 5.50. The Balaban J connectivity index is 1.38. The van der Waals surface area contributed by atoms with Crippen molar-refractivity contribution in [2.24, 2.45) is 0 Å². The van der Waals surface area contributed by atoms with Crippen LogP contribution in [0, 0.1) is 19.7 Å². The second kappa shape index (κ2) is 10.3. The molecular weight excluding hydrogens is 417 g/mol. The molecule has 4 rings (SSSR count). The number of nitrogens with zero attached hydrogens (tertiary/aromatic N) is 2. The Bertz CT molecular complexity index is 1250. The number of aromatic nitrogens is 2. The highest BCUT2D eigenvalue weighted by molar-refractivity contribution is 5.94. The number of benzene rings is 3. The van der Waals surface area contributed by atoms with E-state index in [4.69, 9.17) is 4.74 Å². The number of ether oxygens (including phenoxy) is 1. The van der Waals surface area contributed by atoms with Crippen molar-refractivity contribution in [1.29, 1.82) is 0 Å². The first kappa shape index (κ1) is 22.5. The monoisotopic (exact) mass is 445 g/mol. The van der Waals surface area contributed by atoms with Crippen LogP contribution in [0.4, 0.5) is 4.39 Å². The average molecular weight is 446 g/mol. The van der Waals surface area contributed by atoms with Crippen molar-refractivity contribution in [3.63, 3.8) is 0 Å². The fourth-order valence-electron chi connectivity index (χ4n) is 3.99. The minimum Gasteiger partial charge on any atom is -0.494 e. The van der Waals surface area contributed by atoms with Crippen LogP contribution in [-0.2, 0) is 13.1 Å². The average Bonchev–Trinajstić information content (AvgIpc) is 3.14. The second-order valence-electron chi connectivity index (χ2n) is 8.21. The molecule has 0 aliphatic rings. The van der Waals surface area contributed by atoms with Gasteiger partial charge in [-0.2, -0.15) is 0 Å². The van der Waals surface area contributed by atoms with E-state index in [1.807, 2.05) is 36.4 Å². The molecule has 170 valence electrons. The van der Waals surface area contributed by atoms with Gasteiger partial charge in [-0.05, 0) is 74.2 Å². The van der Waals surface area contributed by atoms with Crippen LogP contribution in [0.2, 0.25) is 0 Å². The van der Waals surface area contributed by atoms with Crippen molar-refractivity contribution < 1.29 is 13.9 Å². The van der Waals surface area contributed by atoms with Gasteiger partial charge in [0, 0.05) is 6.54 Å². The molecule has 0 fully saturated rings. The second-order valence-corrected chi connectivity index (χ2v) is 8.21. The number of unbranched alkanes of at least 4 members (excludes halogenated alkanes) is 1. The molecule has 0 bridgehead atoms. The third kappa shape index (κ3) is 5.58. The number of halogens is 1. The van der Waals surface area contributed by atoms with Crippen LogP contribution in [0.3, 0.4) is 0 Å². The molecule has 0 unspecified atom stereocenters. The maximum absolute atomic E-state index is 13.9. The summed E-state index contributed by atoms with van der Waals surface area (Å²) in [5.74, 6) is 0.661. The number of nitrogens with one attached hydrogen (secondary N) is 1. The molecule has 3 aromatic carbocycles. The summed E-state index contributed by atoms with van der Waals surface area (Å²) >= 11 is 0. The van der Waals surface area contributed by atoms with E-state index in [0.29, 0.717) is 6.61 Å². The highest BCUT2D eigenvalue weighted by atomic mass is 19.1. The quantitative estimate of drug-likeness (QED) is 0.342. The number of aryl methyl sites for hydroxylation is 3. The number of amides is 1. The summed E-state index contributed by atoms with van der Waals surface area (Å²) in [6, 6.07) is 20.1. The van der Waals surface area contributed by atoms with Crippen LogP contribution in [-0.4, -0.2) is 22.1 Å². The molecule has 0 atom stereocenters. The molecule has 1 heterocycles. The molecule has 0 aliphatic carbocycles. The van der Waals surface area contributed by atoms with E-state index in [0.717, 1.165) is 42.0 Å². The molecule has 1 amide bonds. The van der Waals surface area contributed by atoms with Crippen molar-refractivity contribution in [1.82, 2.24) is 14.9 Å². The largest absolute Gasteiger partial charge is 0.494 e. The molecule has 0 radical (unpaired) electrons. The Morgan fingerprint density at radius 1 is 1.00 bits per heavy atom. The van der Waals surface area contributed by atoms with Gasteiger partial charge in [0.2, 0.25) is 0 Å². The van der Waals surface area contributed by atoms with Gasteiger partial charge < -0.3 is 14.6 Å². The van der Waals surface area contributed by atoms with Crippen molar-refractivity contribution in [3.05, 3.63) is 95.1 Å². The van der Waals surface area contributed by atoms with Gasteiger partial charge in [-0.1, -0.05) is 30.3 Å². The number of hydrogen-bond donors (Lipinski definition) is 1. The van der Waals surface area contributed by atoms with Gasteiger partial charge in [-0.15, -0.1) is 0 Å². The lowest BCUT2D eigenvalue weighted by molar-refractivity contribution is 0.0945. The van der Waals surface area contributed by atoms with E-state index < -0.39 is 11.7 Å². The summed E-state index contributed by atoms with van der Waals surface area (Å²) in [5, 5.41) is 2.80. The molecule has 1 N–H and O–H groups in total. The van der Waals surface area contributed by atoms with Gasteiger partial charge in [-0.3, -0.25) is 4.79 Å². The molecule has 6 heteroatoms. The van der Waals surface area contributed by atoms with Crippen molar-refractivity contribution in [3.8, 4) is 5.75 Å². The summed E-state index contributed by atoms with van der Waals surface area (Å²) in [6.45, 7) is 5.74. The first-order chi connectivity index (χ1) is 16.0. The Kier molecular flexibility index (Phi) is 7.03. The molecule has 0 saturated heterocycles. The fraction of sp³-hybridized carbons (Fsp3) is 0.259. The number of para-hydroxylation sites is 2.